The van der Waals surface area contributed by atoms with Crippen molar-refractivity contribution in [2.75, 3.05) is 6.54 Å². The van der Waals surface area contributed by atoms with Gasteiger partial charge >= 0.3 is 0 Å². The molecule has 0 aliphatic rings. The van der Waals surface area contributed by atoms with E-state index in [0.717, 1.165) is 18.4 Å². The van der Waals surface area contributed by atoms with Crippen LogP contribution in [0.1, 0.15) is 35.7 Å². The molecule has 0 spiro atoms. The second-order valence-corrected chi connectivity index (χ2v) is 4.65. The monoisotopic (exact) mass is 265 g/mol. The highest BCUT2D eigenvalue weighted by molar-refractivity contribution is 6.51. The van der Waals surface area contributed by atoms with Gasteiger partial charge in [-0.1, -0.05) is 74.0 Å². The van der Waals surface area contributed by atoms with E-state index in [0.29, 0.717) is 17.8 Å². The SMILES string of the molecule is CCCC/N=C(/C(=O)c1ccccc1)c1ccccc1. The van der Waals surface area contributed by atoms with Crippen molar-refractivity contribution in [3.8, 4) is 0 Å². The summed E-state index contributed by atoms with van der Waals surface area (Å²) in [5.41, 5.74) is 2.13. The number of benzene rings is 2. The van der Waals surface area contributed by atoms with E-state index in [2.05, 4.69) is 11.9 Å². The molecule has 102 valence electrons. The van der Waals surface area contributed by atoms with E-state index in [-0.39, 0.29) is 5.78 Å². The lowest BCUT2D eigenvalue weighted by Crippen LogP contribution is -2.16. The fourth-order valence-electron chi connectivity index (χ4n) is 1.97. The molecular weight excluding hydrogens is 246 g/mol. The largest absolute Gasteiger partial charge is 0.287 e. The van der Waals surface area contributed by atoms with Gasteiger partial charge in [0.05, 0.1) is 0 Å². The summed E-state index contributed by atoms with van der Waals surface area (Å²) in [6.07, 6.45) is 2.07. The molecular formula is C18H19NO. The highest BCUT2D eigenvalue weighted by Gasteiger charge is 2.15. The molecule has 20 heavy (non-hydrogen) atoms. The molecule has 2 aromatic carbocycles. The minimum Gasteiger partial charge on any atom is -0.287 e. The lowest BCUT2D eigenvalue weighted by Gasteiger charge is -2.06. The number of nitrogens with zero attached hydrogens (tertiary/aromatic N) is 1. The van der Waals surface area contributed by atoms with Gasteiger partial charge in [-0.05, 0) is 6.42 Å². The molecule has 0 saturated heterocycles. The quantitative estimate of drug-likeness (QED) is 0.438. The molecule has 0 bridgehead atoms. The second-order valence-electron chi connectivity index (χ2n) is 4.65. The number of rotatable bonds is 6. The predicted octanol–water partition coefficient (Wildman–Crippen LogP) is 4.16. The molecule has 0 aliphatic carbocycles. The summed E-state index contributed by atoms with van der Waals surface area (Å²) in [5.74, 6) is -0.00657. The van der Waals surface area contributed by atoms with Gasteiger partial charge in [0.25, 0.3) is 0 Å². The smallest absolute Gasteiger partial charge is 0.211 e. The molecule has 0 unspecified atom stereocenters. The zero-order valence-electron chi connectivity index (χ0n) is 11.8. The fourth-order valence-corrected chi connectivity index (χ4v) is 1.97. The Kier molecular flexibility index (Phi) is 5.24. The van der Waals surface area contributed by atoms with E-state index < -0.39 is 0 Å². The molecule has 0 heterocycles. The number of ketones is 1. The van der Waals surface area contributed by atoms with Crippen LogP contribution in [0.25, 0.3) is 0 Å². The average molecular weight is 265 g/mol. The summed E-state index contributed by atoms with van der Waals surface area (Å²) in [5, 5.41) is 0. The van der Waals surface area contributed by atoms with Crippen molar-refractivity contribution in [3.63, 3.8) is 0 Å². The molecule has 2 rings (SSSR count). The molecule has 2 aromatic rings. The Morgan fingerprint density at radius 3 is 2.00 bits per heavy atom. The number of aliphatic imine (C=N–C) groups is 1. The highest BCUT2D eigenvalue weighted by atomic mass is 16.1. The fraction of sp³-hybridized carbons (Fsp3) is 0.222. The molecule has 0 amide bonds. The Hall–Kier alpha value is -2.22. The third-order valence-corrected chi connectivity index (χ3v) is 3.08. The zero-order chi connectivity index (χ0) is 14.2. The number of carbonyl (C=O) groups excluding carboxylic acids is 1. The van der Waals surface area contributed by atoms with Crippen LogP contribution in [0, 0.1) is 0 Å². The van der Waals surface area contributed by atoms with E-state index in [1.807, 2.05) is 60.7 Å². The lowest BCUT2D eigenvalue weighted by atomic mass is 10.0. The Morgan fingerprint density at radius 1 is 0.900 bits per heavy atom. The van der Waals surface area contributed by atoms with Gasteiger partial charge < -0.3 is 0 Å². The van der Waals surface area contributed by atoms with Crippen LogP contribution in [-0.4, -0.2) is 18.0 Å². The normalized spacial score (nSPS) is 11.3. The molecule has 2 heteroatoms. The third-order valence-electron chi connectivity index (χ3n) is 3.08. The Bertz CT molecular complexity index is 573. The van der Waals surface area contributed by atoms with Crippen LogP contribution < -0.4 is 0 Å². The molecule has 0 fully saturated rings. The summed E-state index contributed by atoms with van der Waals surface area (Å²) in [4.78, 5) is 17.1. The van der Waals surface area contributed by atoms with Crippen molar-refractivity contribution in [1.29, 1.82) is 0 Å². The molecule has 0 aromatic heterocycles. The first kappa shape index (κ1) is 14.2. The molecule has 0 radical (unpaired) electrons. The summed E-state index contributed by atoms with van der Waals surface area (Å²) in [7, 11) is 0. The van der Waals surface area contributed by atoms with Crippen LogP contribution >= 0.6 is 0 Å². The zero-order valence-corrected chi connectivity index (χ0v) is 11.8. The van der Waals surface area contributed by atoms with E-state index in [1.165, 1.54) is 0 Å². The van der Waals surface area contributed by atoms with Gasteiger partial charge in [-0.2, -0.15) is 0 Å². The van der Waals surface area contributed by atoms with Gasteiger partial charge in [0.1, 0.15) is 5.71 Å². The van der Waals surface area contributed by atoms with Crippen molar-refractivity contribution in [2.24, 2.45) is 4.99 Å². The number of Topliss-reactive ketones (excluding diaryl/α,β-unsaturated/α-hetero) is 1. The van der Waals surface area contributed by atoms with Crippen LogP contribution in [-0.2, 0) is 0 Å². The number of carbonyl (C=O) groups is 1. The summed E-state index contributed by atoms with van der Waals surface area (Å²) >= 11 is 0. The van der Waals surface area contributed by atoms with Crippen LogP contribution in [0.4, 0.5) is 0 Å². The van der Waals surface area contributed by atoms with Crippen molar-refractivity contribution in [3.05, 3.63) is 71.8 Å². The van der Waals surface area contributed by atoms with Crippen molar-refractivity contribution >= 4 is 11.5 Å². The molecule has 0 saturated carbocycles. The average Bonchev–Trinajstić information content (AvgIpc) is 2.53. The minimum atomic E-state index is -0.00657. The van der Waals surface area contributed by atoms with Gasteiger partial charge in [0, 0.05) is 17.7 Å². The van der Waals surface area contributed by atoms with Crippen molar-refractivity contribution < 1.29 is 4.79 Å². The van der Waals surface area contributed by atoms with Crippen LogP contribution in [0.3, 0.4) is 0 Å². The number of unbranched alkanes of at least 4 members (excludes halogenated alkanes) is 1. The number of hydrogen-bond acceptors (Lipinski definition) is 2. The standard InChI is InChI=1S/C18H19NO/c1-2-3-14-19-17(15-10-6-4-7-11-15)18(20)16-12-8-5-9-13-16/h4-13H,2-3,14H2,1H3/b19-17+. The first-order valence-corrected chi connectivity index (χ1v) is 7.02. The van der Waals surface area contributed by atoms with E-state index >= 15 is 0 Å². The number of hydrogen-bond donors (Lipinski definition) is 0. The maximum absolute atomic E-state index is 12.6. The van der Waals surface area contributed by atoms with Crippen LogP contribution in [0.2, 0.25) is 0 Å². The van der Waals surface area contributed by atoms with E-state index in [4.69, 9.17) is 0 Å². The molecule has 2 nitrogen and oxygen atoms in total. The van der Waals surface area contributed by atoms with E-state index in [9.17, 15) is 4.79 Å². The van der Waals surface area contributed by atoms with Gasteiger partial charge in [-0.15, -0.1) is 0 Å². The maximum atomic E-state index is 12.6. The lowest BCUT2D eigenvalue weighted by molar-refractivity contribution is 0.106. The highest BCUT2D eigenvalue weighted by Crippen LogP contribution is 2.09. The van der Waals surface area contributed by atoms with Crippen LogP contribution in [0.15, 0.2) is 65.7 Å². The minimum absolute atomic E-state index is 0.00657. The second kappa shape index (κ2) is 7.39. The predicted molar refractivity (Wildman–Crippen MR) is 83.5 cm³/mol. The third kappa shape index (κ3) is 3.64. The Morgan fingerprint density at radius 2 is 1.45 bits per heavy atom. The molecule has 0 atom stereocenters. The van der Waals surface area contributed by atoms with Gasteiger partial charge in [0.15, 0.2) is 0 Å². The van der Waals surface area contributed by atoms with Gasteiger partial charge in [-0.25, -0.2) is 0 Å². The van der Waals surface area contributed by atoms with Crippen molar-refractivity contribution in [1.82, 2.24) is 0 Å². The summed E-state index contributed by atoms with van der Waals surface area (Å²) in [6, 6.07) is 19.0. The topological polar surface area (TPSA) is 29.4 Å². The van der Waals surface area contributed by atoms with Crippen molar-refractivity contribution in [2.45, 2.75) is 19.8 Å². The molecule has 0 N–H and O–H groups in total. The maximum Gasteiger partial charge on any atom is 0.211 e. The van der Waals surface area contributed by atoms with Gasteiger partial charge in [0.2, 0.25) is 5.78 Å². The summed E-state index contributed by atoms with van der Waals surface area (Å²) in [6.45, 7) is 2.82. The van der Waals surface area contributed by atoms with E-state index in [1.54, 1.807) is 0 Å². The molecule has 0 aliphatic heterocycles. The first-order chi connectivity index (χ1) is 9.83. The first-order valence-electron chi connectivity index (χ1n) is 7.02. The Labute approximate surface area is 120 Å². The Balaban J connectivity index is 2.32. The van der Waals surface area contributed by atoms with Gasteiger partial charge in [-0.3, -0.25) is 9.79 Å². The van der Waals surface area contributed by atoms with Crippen LogP contribution in [0.5, 0.6) is 0 Å². The summed E-state index contributed by atoms with van der Waals surface area (Å²) < 4.78 is 0.